The lowest BCUT2D eigenvalue weighted by molar-refractivity contribution is -0.138. The summed E-state index contributed by atoms with van der Waals surface area (Å²) >= 11 is 8.04. The van der Waals surface area contributed by atoms with Crippen LogP contribution >= 0.6 is 23.4 Å². The van der Waals surface area contributed by atoms with Crippen LogP contribution in [0.15, 0.2) is 78.9 Å². The molecule has 3 aliphatic carbocycles. The van der Waals surface area contributed by atoms with Gasteiger partial charge in [-0.25, -0.2) is 4.98 Å². The zero-order chi connectivity index (χ0) is 38.0. The van der Waals surface area contributed by atoms with Crippen molar-refractivity contribution in [3.05, 3.63) is 112 Å². The van der Waals surface area contributed by atoms with E-state index in [2.05, 4.69) is 47.8 Å². The highest BCUT2D eigenvalue weighted by molar-refractivity contribution is 7.99. The van der Waals surface area contributed by atoms with Crippen LogP contribution in [0, 0.1) is 5.41 Å². The molecule has 0 amide bonds. The first-order chi connectivity index (χ1) is 26.0. The summed E-state index contributed by atoms with van der Waals surface area (Å²) in [5.74, 6) is 0.122. The molecule has 0 unspecified atom stereocenters. The molecule has 7 heteroatoms. The molecular formula is C47H59ClN2O3S. The molecule has 3 N–H and O–H groups in total. The van der Waals surface area contributed by atoms with Gasteiger partial charge in [0, 0.05) is 33.5 Å². The monoisotopic (exact) mass is 766 g/mol. The van der Waals surface area contributed by atoms with Gasteiger partial charge in [-0.2, -0.15) is 11.8 Å². The van der Waals surface area contributed by atoms with Gasteiger partial charge in [-0.15, -0.1) is 0 Å². The Morgan fingerprint density at radius 2 is 1.59 bits per heavy atom. The second-order valence-electron chi connectivity index (χ2n) is 16.5. The average molecular weight is 768 g/mol. The van der Waals surface area contributed by atoms with Crippen LogP contribution in [-0.2, 0) is 16.8 Å². The summed E-state index contributed by atoms with van der Waals surface area (Å²) in [6, 6.07) is 28.2. The first kappa shape index (κ1) is 40.5. The predicted octanol–water partition coefficient (Wildman–Crippen LogP) is 12.2. The number of benzene rings is 3. The molecule has 0 aliphatic heterocycles. The number of halogens is 1. The lowest BCUT2D eigenvalue weighted by atomic mass is 9.90. The van der Waals surface area contributed by atoms with Crippen LogP contribution < -0.4 is 5.32 Å². The van der Waals surface area contributed by atoms with Crippen LogP contribution in [0.1, 0.15) is 137 Å². The minimum atomic E-state index is -0.911. The van der Waals surface area contributed by atoms with E-state index in [1.807, 2.05) is 74.1 Å². The summed E-state index contributed by atoms with van der Waals surface area (Å²) in [7, 11) is 0. The average Bonchev–Trinajstić information content (AvgIpc) is 3.93. The zero-order valence-corrected chi connectivity index (χ0v) is 33.8. The van der Waals surface area contributed by atoms with Crippen molar-refractivity contribution < 1.29 is 15.0 Å². The van der Waals surface area contributed by atoms with Crippen LogP contribution in [0.3, 0.4) is 0 Å². The first-order valence-electron chi connectivity index (χ1n) is 20.3. The molecule has 3 aliphatic rings. The Balaban J connectivity index is 0.000000321. The molecule has 0 radical (unpaired) electrons. The molecule has 0 spiro atoms. The molecule has 4 aromatic rings. The SMILES string of the molecule is C1CCC(NC2CCCCC2)CC1.CC(C)(O)c1ccccc1CC[C@@H](SCC1(CC(=O)O)CC1)c1cccc(/C=C/c2ccc3ccc(Cl)cc3n2)c1. The van der Waals surface area contributed by atoms with Crippen molar-refractivity contribution in [2.45, 2.75) is 133 Å². The molecule has 1 atom stereocenters. The minimum absolute atomic E-state index is 0.0814. The minimum Gasteiger partial charge on any atom is -0.481 e. The van der Waals surface area contributed by atoms with Crippen molar-refractivity contribution in [2.75, 3.05) is 5.75 Å². The van der Waals surface area contributed by atoms with Gasteiger partial charge in [-0.1, -0.05) is 117 Å². The van der Waals surface area contributed by atoms with Crippen LogP contribution in [0.5, 0.6) is 0 Å². The van der Waals surface area contributed by atoms with E-state index in [4.69, 9.17) is 16.6 Å². The first-order valence-corrected chi connectivity index (χ1v) is 21.7. The highest BCUT2D eigenvalue weighted by atomic mass is 35.5. The summed E-state index contributed by atoms with van der Waals surface area (Å²) in [4.78, 5) is 16.2. The molecule has 288 valence electrons. The zero-order valence-electron chi connectivity index (χ0n) is 32.2. The van der Waals surface area contributed by atoms with Gasteiger partial charge in [0.15, 0.2) is 0 Å². The van der Waals surface area contributed by atoms with Crippen molar-refractivity contribution in [1.29, 1.82) is 0 Å². The quantitative estimate of drug-likeness (QED) is 0.119. The molecular weight excluding hydrogens is 708 g/mol. The molecule has 7 rings (SSSR count). The predicted molar refractivity (Wildman–Crippen MR) is 228 cm³/mol. The third-order valence-corrected chi connectivity index (χ3v) is 13.4. The number of pyridine rings is 1. The van der Waals surface area contributed by atoms with Gasteiger partial charge in [0.1, 0.15) is 0 Å². The molecule has 3 aromatic carbocycles. The van der Waals surface area contributed by atoms with E-state index in [-0.39, 0.29) is 17.1 Å². The summed E-state index contributed by atoms with van der Waals surface area (Å²) in [6.45, 7) is 3.66. The number of aliphatic carboxylic acids is 1. The van der Waals surface area contributed by atoms with E-state index < -0.39 is 11.6 Å². The number of rotatable bonds is 14. The summed E-state index contributed by atoms with van der Waals surface area (Å²) in [5, 5.41) is 26.0. The topological polar surface area (TPSA) is 82.5 Å². The lowest BCUT2D eigenvalue weighted by Crippen LogP contribution is -2.40. The lowest BCUT2D eigenvalue weighted by Gasteiger charge is -2.30. The largest absolute Gasteiger partial charge is 0.481 e. The second-order valence-corrected chi connectivity index (χ2v) is 18.2. The van der Waals surface area contributed by atoms with Crippen molar-refractivity contribution >= 4 is 52.4 Å². The Hall–Kier alpha value is -3.16. The fourth-order valence-electron chi connectivity index (χ4n) is 8.23. The van der Waals surface area contributed by atoms with E-state index in [1.165, 1.54) is 69.8 Å². The van der Waals surface area contributed by atoms with Gasteiger partial charge < -0.3 is 15.5 Å². The molecule has 3 saturated carbocycles. The molecule has 3 fully saturated rings. The number of hydrogen-bond acceptors (Lipinski definition) is 5. The fraction of sp³-hybridized carbons (Fsp3) is 0.489. The molecule has 5 nitrogen and oxygen atoms in total. The van der Waals surface area contributed by atoms with Gasteiger partial charge in [0.05, 0.1) is 23.2 Å². The number of aliphatic hydroxyl groups is 1. The number of nitrogens with one attached hydrogen (secondary N) is 1. The van der Waals surface area contributed by atoms with Gasteiger partial charge in [-0.05, 0) is 117 Å². The molecule has 1 aromatic heterocycles. The van der Waals surface area contributed by atoms with Crippen molar-refractivity contribution in [3.63, 3.8) is 0 Å². The van der Waals surface area contributed by atoms with E-state index in [0.29, 0.717) is 5.02 Å². The number of aromatic nitrogens is 1. The Morgan fingerprint density at radius 1 is 0.907 bits per heavy atom. The highest BCUT2D eigenvalue weighted by Crippen LogP contribution is 2.53. The van der Waals surface area contributed by atoms with Gasteiger partial charge in [-0.3, -0.25) is 4.79 Å². The van der Waals surface area contributed by atoms with Crippen LogP contribution in [0.2, 0.25) is 5.02 Å². The normalized spacial score (nSPS) is 18.3. The fourth-order valence-corrected chi connectivity index (χ4v) is 9.97. The number of hydrogen-bond donors (Lipinski definition) is 3. The number of aryl methyl sites for hydroxylation is 1. The number of thioether (sulfide) groups is 1. The maximum absolute atomic E-state index is 11.5. The third-order valence-electron chi connectivity index (χ3n) is 11.5. The number of nitrogens with zero attached hydrogens (tertiary/aromatic N) is 1. The Kier molecular flexibility index (Phi) is 14.3. The molecule has 54 heavy (non-hydrogen) atoms. The summed E-state index contributed by atoms with van der Waals surface area (Å²) < 4.78 is 0. The maximum atomic E-state index is 11.5. The van der Waals surface area contributed by atoms with Crippen molar-refractivity contribution in [1.82, 2.24) is 10.3 Å². The summed E-state index contributed by atoms with van der Waals surface area (Å²) in [5.41, 5.74) is 5.15. The van der Waals surface area contributed by atoms with Crippen LogP contribution in [0.25, 0.3) is 23.1 Å². The van der Waals surface area contributed by atoms with Crippen LogP contribution in [0.4, 0.5) is 0 Å². The number of carbonyl (C=O) groups is 1. The molecule has 0 bridgehead atoms. The number of fused-ring (bicyclic) bond motifs is 1. The Labute approximate surface area is 332 Å². The highest BCUT2D eigenvalue weighted by Gasteiger charge is 2.44. The second kappa shape index (κ2) is 19.1. The summed E-state index contributed by atoms with van der Waals surface area (Å²) in [6.07, 6.45) is 22.6. The maximum Gasteiger partial charge on any atom is 0.303 e. The molecule has 1 heterocycles. The Morgan fingerprint density at radius 3 is 2.26 bits per heavy atom. The van der Waals surface area contributed by atoms with Crippen LogP contribution in [-0.4, -0.2) is 39.0 Å². The smallest absolute Gasteiger partial charge is 0.303 e. The van der Waals surface area contributed by atoms with Gasteiger partial charge >= 0.3 is 5.97 Å². The molecule has 0 saturated heterocycles. The van der Waals surface area contributed by atoms with E-state index in [1.54, 1.807) is 0 Å². The van der Waals surface area contributed by atoms with Crippen molar-refractivity contribution in [2.24, 2.45) is 5.41 Å². The van der Waals surface area contributed by atoms with Gasteiger partial charge in [0.2, 0.25) is 0 Å². The third kappa shape index (κ3) is 12.2. The van der Waals surface area contributed by atoms with E-state index in [0.717, 1.165) is 76.8 Å². The van der Waals surface area contributed by atoms with E-state index in [9.17, 15) is 15.0 Å². The number of carboxylic acids is 1. The Bertz CT molecular complexity index is 1840. The standard InChI is InChI=1S/C35H36ClNO3S.C12H23N/c1-34(2,40)30-9-4-3-7-25(30)13-17-32(41-23-35(18-19-35)22-33(38)39)27-8-5-6-24(20-27)10-15-29-16-12-26-11-14-28(36)21-31(26)37-29;1-3-7-11(8-4-1)13-12-9-5-2-6-10-12/h3-12,14-16,20-21,32,40H,13,17-19,22-23H2,1-2H3,(H,38,39);11-13H,1-10H2/b15-10+;/t32-;/m1./s1. The van der Waals surface area contributed by atoms with Gasteiger partial charge in [0.25, 0.3) is 0 Å². The number of carboxylic acid groups (broad SMARTS) is 1. The van der Waals surface area contributed by atoms with Crippen molar-refractivity contribution in [3.8, 4) is 0 Å². The van der Waals surface area contributed by atoms with E-state index >= 15 is 0 Å².